The van der Waals surface area contributed by atoms with Gasteiger partial charge in [-0.15, -0.1) is 11.3 Å². The second-order valence-electron chi connectivity index (χ2n) is 3.44. The number of thioether (sulfide) groups is 1. The van der Waals surface area contributed by atoms with E-state index in [-0.39, 0.29) is 5.78 Å². The van der Waals surface area contributed by atoms with Crippen LogP contribution in [0.15, 0.2) is 12.1 Å². The van der Waals surface area contributed by atoms with E-state index in [2.05, 4.69) is 6.92 Å². The number of thiophene rings is 1. The zero-order valence-electron chi connectivity index (χ0n) is 9.82. The molecule has 0 fully saturated rings. The van der Waals surface area contributed by atoms with Gasteiger partial charge in [-0.05, 0) is 30.7 Å². The lowest BCUT2D eigenvalue weighted by molar-refractivity contribution is 0.102. The maximum Gasteiger partial charge on any atom is 0.182 e. The number of carbonyl (C=O) groups is 1. The molecule has 1 heterocycles. The first-order chi connectivity index (χ1) is 7.77. The molecule has 0 atom stereocenters. The van der Waals surface area contributed by atoms with Gasteiger partial charge in [0.1, 0.15) is 0 Å². The number of hydrogen-bond donors (Lipinski definition) is 0. The van der Waals surface area contributed by atoms with Gasteiger partial charge < -0.3 is 4.74 Å². The normalized spacial score (nSPS) is 10.6. The van der Waals surface area contributed by atoms with Crippen molar-refractivity contribution in [3.05, 3.63) is 21.9 Å². The van der Waals surface area contributed by atoms with Gasteiger partial charge in [-0.2, -0.15) is 11.8 Å². The molecule has 2 nitrogen and oxygen atoms in total. The van der Waals surface area contributed by atoms with E-state index in [1.165, 1.54) is 4.88 Å². The Labute approximate surface area is 105 Å². The third-order valence-electron chi connectivity index (χ3n) is 2.16. The van der Waals surface area contributed by atoms with Gasteiger partial charge in [0.25, 0.3) is 0 Å². The van der Waals surface area contributed by atoms with Crippen LogP contribution in [0, 0.1) is 0 Å². The van der Waals surface area contributed by atoms with Gasteiger partial charge in [0, 0.05) is 18.6 Å². The second kappa shape index (κ2) is 7.87. The number of aryl methyl sites for hydroxylation is 1. The van der Waals surface area contributed by atoms with E-state index < -0.39 is 0 Å². The summed E-state index contributed by atoms with van der Waals surface area (Å²) in [5.74, 6) is 1.84. The predicted octanol–water partition coefficient (Wildman–Crippen LogP) is 3.26. The average Bonchev–Trinajstić information content (AvgIpc) is 2.77. The minimum absolute atomic E-state index is 0.257. The minimum atomic E-state index is 0.257. The zero-order valence-corrected chi connectivity index (χ0v) is 11.5. The Hall–Kier alpha value is -0.320. The van der Waals surface area contributed by atoms with Gasteiger partial charge in [0.2, 0.25) is 0 Å². The summed E-state index contributed by atoms with van der Waals surface area (Å²) in [4.78, 5) is 13.9. The van der Waals surface area contributed by atoms with Crippen molar-refractivity contribution < 1.29 is 9.53 Å². The van der Waals surface area contributed by atoms with Crippen LogP contribution in [0.3, 0.4) is 0 Å². The molecule has 0 amide bonds. The van der Waals surface area contributed by atoms with E-state index in [0.717, 1.165) is 30.1 Å². The standard InChI is InChI=1S/C12H18O2S2/c1-3-10-5-6-12(16-10)11(13)9-15-8-4-7-14-2/h5-6H,3-4,7-9H2,1-2H3. The molecule has 0 radical (unpaired) electrons. The number of ketones is 1. The molecule has 0 aliphatic carbocycles. The Morgan fingerprint density at radius 2 is 2.31 bits per heavy atom. The van der Waals surface area contributed by atoms with Crippen molar-refractivity contribution in [2.24, 2.45) is 0 Å². The van der Waals surface area contributed by atoms with Gasteiger partial charge >= 0.3 is 0 Å². The first kappa shape index (κ1) is 13.7. The summed E-state index contributed by atoms with van der Waals surface area (Å²) in [5, 5.41) is 0. The molecular formula is C12H18O2S2. The maximum absolute atomic E-state index is 11.8. The second-order valence-corrected chi connectivity index (χ2v) is 5.72. The molecule has 0 saturated carbocycles. The molecule has 1 aromatic rings. The highest BCUT2D eigenvalue weighted by atomic mass is 32.2. The number of carbonyl (C=O) groups excluding carboxylic acids is 1. The molecule has 0 bridgehead atoms. The lowest BCUT2D eigenvalue weighted by Crippen LogP contribution is -2.01. The van der Waals surface area contributed by atoms with Crippen LogP contribution in [0.4, 0.5) is 0 Å². The molecule has 1 aromatic heterocycles. The van der Waals surface area contributed by atoms with Gasteiger partial charge in [-0.3, -0.25) is 4.79 Å². The first-order valence-electron chi connectivity index (χ1n) is 5.46. The van der Waals surface area contributed by atoms with Crippen molar-refractivity contribution in [3.63, 3.8) is 0 Å². The zero-order chi connectivity index (χ0) is 11.8. The Bertz CT molecular complexity index is 321. The Balaban J connectivity index is 2.24. The van der Waals surface area contributed by atoms with Crippen molar-refractivity contribution in [2.45, 2.75) is 19.8 Å². The van der Waals surface area contributed by atoms with Crippen LogP contribution in [0.5, 0.6) is 0 Å². The number of rotatable bonds is 8. The summed E-state index contributed by atoms with van der Waals surface area (Å²) in [6, 6.07) is 4.00. The fourth-order valence-corrected chi connectivity index (χ4v) is 3.04. The molecule has 0 aromatic carbocycles. The van der Waals surface area contributed by atoms with Crippen LogP contribution in [0.2, 0.25) is 0 Å². The first-order valence-corrected chi connectivity index (χ1v) is 7.43. The Morgan fingerprint density at radius 3 is 2.94 bits per heavy atom. The Morgan fingerprint density at radius 1 is 1.50 bits per heavy atom. The molecule has 1 rings (SSSR count). The smallest absolute Gasteiger partial charge is 0.182 e. The van der Waals surface area contributed by atoms with Gasteiger partial charge in [-0.25, -0.2) is 0 Å². The van der Waals surface area contributed by atoms with Crippen LogP contribution < -0.4 is 0 Å². The van der Waals surface area contributed by atoms with E-state index in [0.29, 0.717) is 5.75 Å². The third-order valence-corrected chi connectivity index (χ3v) is 4.47. The van der Waals surface area contributed by atoms with Crippen LogP contribution >= 0.6 is 23.1 Å². The van der Waals surface area contributed by atoms with Gasteiger partial charge in [-0.1, -0.05) is 6.92 Å². The summed E-state index contributed by atoms with van der Waals surface area (Å²) in [5.41, 5.74) is 0. The number of methoxy groups -OCH3 is 1. The van der Waals surface area contributed by atoms with E-state index in [1.54, 1.807) is 30.2 Å². The summed E-state index contributed by atoms with van der Waals surface area (Å²) >= 11 is 3.31. The molecular weight excluding hydrogens is 240 g/mol. The molecule has 0 saturated heterocycles. The van der Waals surface area contributed by atoms with Crippen molar-refractivity contribution in [3.8, 4) is 0 Å². The SMILES string of the molecule is CCc1ccc(C(=O)CSCCCOC)s1. The molecule has 0 N–H and O–H groups in total. The topological polar surface area (TPSA) is 26.3 Å². The van der Waals surface area contributed by atoms with Crippen molar-refractivity contribution in [1.82, 2.24) is 0 Å². The van der Waals surface area contributed by atoms with E-state index in [1.807, 2.05) is 12.1 Å². The molecule has 90 valence electrons. The van der Waals surface area contributed by atoms with E-state index in [4.69, 9.17) is 4.74 Å². The fraction of sp³-hybridized carbons (Fsp3) is 0.583. The van der Waals surface area contributed by atoms with Crippen LogP contribution in [0.1, 0.15) is 27.9 Å². The average molecular weight is 258 g/mol. The number of ether oxygens (including phenoxy) is 1. The predicted molar refractivity (Wildman–Crippen MR) is 71.8 cm³/mol. The van der Waals surface area contributed by atoms with Crippen LogP contribution in [-0.2, 0) is 11.2 Å². The quantitative estimate of drug-likeness (QED) is 0.529. The van der Waals surface area contributed by atoms with E-state index >= 15 is 0 Å². The van der Waals surface area contributed by atoms with Crippen molar-refractivity contribution >= 4 is 28.9 Å². The summed E-state index contributed by atoms with van der Waals surface area (Å²) in [7, 11) is 1.70. The maximum atomic E-state index is 11.8. The lowest BCUT2D eigenvalue weighted by Gasteiger charge is -1.99. The molecule has 0 unspecified atom stereocenters. The highest BCUT2D eigenvalue weighted by Crippen LogP contribution is 2.19. The largest absolute Gasteiger partial charge is 0.385 e. The molecule has 16 heavy (non-hydrogen) atoms. The molecule has 4 heteroatoms. The highest BCUT2D eigenvalue weighted by Gasteiger charge is 2.08. The minimum Gasteiger partial charge on any atom is -0.385 e. The van der Waals surface area contributed by atoms with Crippen LogP contribution in [-0.4, -0.2) is 31.0 Å². The van der Waals surface area contributed by atoms with E-state index in [9.17, 15) is 4.79 Å². The molecule has 0 aliphatic rings. The molecule has 0 spiro atoms. The van der Waals surface area contributed by atoms with Crippen molar-refractivity contribution in [1.29, 1.82) is 0 Å². The molecule has 0 aliphatic heterocycles. The summed E-state index contributed by atoms with van der Waals surface area (Å²) in [6.07, 6.45) is 2.03. The summed E-state index contributed by atoms with van der Waals surface area (Å²) in [6.45, 7) is 2.89. The monoisotopic (exact) mass is 258 g/mol. The fourth-order valence-electron chi connectivity index (χ4n) is 1.26. The third kappa shape index (κ3) is 4.68. The Kier molecular flexibility index (Phi) is 6.76. The highest BCUT2D eigenvalue weighted by molar-refractivity contribution is 7.99. The van der Waals surface area contributed by atoms with Crippen molar-refractivity contribution in [2.75, 3.05) is 25.2 Å². The lowest BCUT2D eigenvalue weighted by atomic mass is 10.3. The number of hydrogen-bond acceptors (Lipinski definition) is 4. The van der Waals surface area contributed by atoms with Crippen LogP contribution in [0.25, 0.3) is 0 Å². The van der Waals surface area contributed by atoms with Gasteiger partial charge in [0.05, 0.1) is 10.6 Å². The summed E-state index contributed by atoms with van der Waals surface area (Å²) < 4.78 is 4.96. The van der Waals surface area contributed by atoms with Gasteiger partial charge in [0.15, 0.2) is 5.78 Å². The number of Topliss-reactive ketones (excluding diaryl/α,β-unsaturated/α-hetero) is 1.